The van der Waals surface area contributed by atoms with E-state index in [0.717, 1.165) is 25.1 Å². The minimum Gasteiger partial charge on any atom is -0.493 e. The van der Waals surface area contributed by atoms with Crippen molar-refractivity contribution in [1.29, 1.82) is 0 Å². The van der Waals surface area contributed by atoms with Gasteiger partial charge in [0.05, 0.1) is 25.0 Å². The molecule has 0 bridgehead atoms. The van der Waals surface area contributed by atoms with Crippen LogP contribution in [0.25, 0.3) is 0 Å². The number of hydrogen-bond acceptors (Lipinski definition) is 3. The van der Waals surface area contributed by atoms with Gasteiger partial charge in [-0.15, -0.1) is 0 Å². The van der Waals surface area contributed by atoms with Crippen molar-refractivity contribution in [2.75, 3.05) is 13.7 Å². The fourth-order valence-electron chi connectivity index (χ4n) is 2.44. The minimum atomic E-state index is 0.148. The van der Waals surface area contributed by atoms with E-state index in [1.165, 1.54) is 5.69 Å². The van der Waals surface area contributed by atoms with Crippen LogP contribution in [0.3, 0.4) is 0 Å². The molecule has 1 heterocycles. The normalized spacial score (nSPS) is 13.8. The fourth-order valence-corrected chi connectivity index (χ4v) is 2.44. The van der Waals surface area contributed by atoms with Crippen LogP contribution >= 0.6 is 0 Å². The first-order valence-electron chi connectivity index (χ1n) is 7.73. The Morgan fingerprint density at radius 2 is 2.00 bits per heavy atom. The lowest BCUT2D eigenvalue weighted by molar-refractivity contribution is 0.215. The Balaban J connectivity index is 3.28. The third-order valence-electron chi connectivity index (χ3n) is 4.07. The predicted molar refractivity (Wildman–Crippen MR) is 84.3 cm³/mol. The maximum atomic E-state index is 5.55. The highest BCUT2D eigenvalue weighted by molar-refractivity contribution is 5.30. The molecule has 0 aromatic carbocycles. The van der Waals surface area contributed by atoms with Gasteiger partial charge < -0.3 is 10.1 Å². The average Bonchev–Trinajstić information content (AvgIpc) is 2.82. The number of aromatic nitrogens is 2. The first-order chi connectivity index (χ1) is 9.38. The van der Waals surface area contributed by atoms with Gasteiger partial charge in [-0.05, 0) is 38.6 Å². The third-order valence-corrected chi connectivity index (χ3v) is 4.07. The van der Waals surface area contributed by atoms with E-state index in [9.17, 15) is 0 Å². The Bertz CT molecular complexity index is 410. The molecule has 0 fully saturated rings. The molecule has 0 radical (unpaired) electrons. The highest BCUT2D eigenvalue weighted by Gasteiger charge is 2.34. The predicted octanol–water partition coefficient (Wildman–Crippen LogP) is 3.95. The van der Waals surface area contributed by atoms with Crippen LogP contribution in [0.4, 0.5) is 0 Å². The van der Waals surface area contributed by atoms with Crippen LogP contribution in [-0.4, -0.2) is 23.4 Å². The molecule has 4 nitrogen and oxygen atoms in total. The quantitative estimate of drug-likeness (QED) is 0.784. The molecule has 1 rings (SSSR count). The van der Waals surface area contributed by atoms with E-state index in [2.05, 4.69) is 56.6 Å². The molecule has 0 aliphatic rings. The summed E-state index contributed by atoms with van der Waals surface area (Å²) in [7, 11) is 1.72. The molecule has 1 N–H and O–H groups in total. The summed E-state index contributed by atoms with van der Waals surface area (Å²) in [5.74, 6) is 0.883. The first kappa shape index (κ1) is 17.0. The van der Waals surface area contributed by atoms with Crippen LogP contribution in [0, 0.1) is 5.41 Å². The van der Waals surface area contributed by atoms with E-state index in [1.54, 1.807) is 7.11 Å². The van der Waals surface area contributed by atoms with Gasteiger partial charge in [-0.3, -0.25) is 4.68 Å². The topological polar surface area (TPSA) is 39.1 Å². The molecular weight excluding hydrogens is 250 g/mol. The lowest BCUT2D eigenvalue weighted by atomic mass is 9.79. The highest BCUT2D eigenvalue weighted by atomic mass is 16.5. The molecule has 1 aromatic rings. The molecule has 0 aliphatic heterocycles. The fraction of sp³-hybridized carbons (Fsp3) is 0.812. The molecule has 4 heteroatoms. The van der Waals surface area contributed by atoms with Gasteiger partial charge in [-0.25, -0.2) is 0 Å². The molecule has 0 amide bonds. The zero-order valence-electron chi connectivity index (χ0n) is 14.2. The molecule has 1 unspecified atom stereocenters. The Hall–Kier alpha value is -1.03. The second kappa shape index (κ2) is 7.11. The summed E-state index contributed by atoms with van der Waals surface area (Å²) < 4.78 is 7.64. The van der Waals surface area contributed by atoms with Crippen molar-refractivity contribution in [2.45, 2.75) is 66.5 Å². The maximum Gasteiger partial charge on any atom is 0.161 e. The van der Waals surface area contributed by atoms with Gasteiger partial charge in [-0.2, -0.15) is 5.10 Å². The smallest absolute Gasteiger partial charge is 0.161 e. The van der Waals surface area contributed by atoms with Crippen molar-refractivity contribution < 1.29 is 4.74 Å². The average molecular weight is 281 g/mol. The van der Waals surface area contributed by atoms with Gasteiger partial charge in [0.1, 0.15) is 0 Å². The van der Waals surface area contributed by atoms with Gasteiger partial charge >= 0.3 is 0 Å². The Labute approximate surface area is 123 Å². The number of nitrogens with one attached hydrogen (secondary N) is 1. The zero-order valence-corrected chi connectivity index (χ0v) is 14.2. The SMILES string of the molecule is CCCNC(c1c(OC)cnn1C(C)C)C(C)(C)CC. The van der Waals surface area contributed by atoms with E-state index in [1.807, 2.05) is 6.20 Å². The van der Waals surface area contributed by atoms with Gasteiger partial charge in [0.15, 0.2) is 5.75 Å². The summed E-state index contributed by atoms with van der Waals surface area (Å²) in [6.45, 7) is 14.4. The monoisotopic (exact) mass is 281 g/mol. The van der Waals surface area contributed by atoms with Crippen LogP contribution in [0.1, 0.15) is 72.2 Å². The summed E-state index contributed by atoms with van der Waals surface area (Å²) >= 11 is 0. The molecule has 20 heavy (non-hydrogen) atoms. The summed E-state index contributed by atoms with van der Waals surface area (Å²) in [4.78, 5) is 0. The lowest BCUT2D eigenvalue weighted by Crippen LogP contribution is -2.36. The molecule has 0 saturated heterocycles. The van der Waals surface area contributed by atoms with Crippen LogP contribution in [0.2, 0.25) is 0 Å². The lowest BCUT2D eigenvalue weighted by Gasteiger charge is -2.35. The number of hydrogen-bond donors (Lipinski definition) is 1. The molecular formula is C16H31N3O. The van der Waals surface area contributed by atoms with E-state index in [-0.39, 0.29) is 11.5 Å². The van der Waals surface area contributed by atoms with Crippen molar-refractivity contribution in [3.8, 4) is 5.75 Å². The van der Waals surface area contributed by atoms with E-state index >= 15 is 0 Å². The second-order valence-electron chi connectivity index (χ2n) is 6.37. The third kappa shape index (κ3) is 3.54. The molecule has 116 valence electrons. The Morgan fingerprint density at radius 3 is 2.45 bits per heavy atom. The molecule has 0 saturated carbocycles. The number of ether oxygens (including phenoxy) is 1. The second-order valence-corrected chi connectivity index (χ2v) is 6.37. The van der Waals surface area contributed by atoms with Gasteiger partial charge in [-0.1, -0.05) is 27.7 Å². The van der Waals surface area contributed by atoms with E-state index in [4.69, 9.17) is 4.74 Å². The first-order valence-corrected chi connectivity index (χ1v) is 7.73. The van der Waals surface area contributed by atoms with Gasteiger partial charge in [0, 0.05) is 6.04 Å². The van der Waals surface area contributed by atoms with Crippen molar-refractivity contribution >= 4 is 0 Å². The Morgan fingerprint density at radius 1 is 1.35 bits per heavy atom. The summed E-state index contributed by atoms with van der Waals surface area (Å²) in [6, 6.07) is 0.569. The summed E-state index contributed by atoms with van der Waals surface area (Å²) in [5.41, 5.74) is 1.32. The number of methoxy groups -OCH3 is 1. The van der Waals surface area contributed by atoms with Crippen LogP contribution in [-0.2, 0) is 0 Å². The standard InChI is InChI=1S/C16H31N3O/c1-8-10-17-15(16(5,6)9-2)14-13(20-7)11-18-19(14)12(3)4/h11-12,15,17H,8-10H2,1-7H3. The summed E-state index contributed by atoms with van der Waals surface area (Å²) in [6.07, 6.45) is 4.05. The largest absolute Gasteiger partial charge is 0.493 e. The van der Waals surface area contributed by atoms with Crippen molar-refractivity contribution in [3.05, 3.63) is 11.9 Å². The van der Waals surface area contributed by atoms with Crippen molar-refractivity contribution in [1.82, 2.24) is 15.1 Å². The number of rotatable bonds is 8. The number of nitrogens with zero attached hydrogens (tertiary/aromatic N) is 2. The van der Waals surface area contributed by atoms with E-state index in [0.29, 0.717) is 6.04 Å². The van der Waals surface area contributed by atoms with Gasteiger partial charge in [0.2, 0.25) is 0 Å². The Kier molecular flexibility index (Phi) is 6.06. The minimum absolute atomic E-state index is 0.148. The zero-order chi connectivity index (χ0) is 15.3. The van der Waals surface area contributed by atoms with E-state index < -0.39 is 0 Å². The van der Waals surface area contributed by atoms with Crippen LogP contribution in [0.5, 0.6) is 5.75 Å². The van der Waals surface area contributed by atoms with Crippen molar-refractivity contribution in [2.24, 2.45) is 5.41 Å². The molecule has 0 spiro atoms. The molecule has 0 aliphatic carbocycles. The van der Waals surface area contributed by atoms with Crippen LogP contribution < -0.4 is 10.1 Å². The highest BCUT2D eigenvalue weighted by Crippen LogP contribution is 2.40. The molecule has 1 aromatic heterocycles. The van der Waals surface area contributed by atoms with Crippen LogP contribution in [0.15, 0.2) is 6.20 Å². The maximum absolute atomic E-state index is 5.55. The molecule has 1 atom stereocenters. The van der Waals surface area contributed by atoms with Crippen molar-refractivity contribution in [3.63, 3.8) is 0 Å². The van der Waals surface area contributed by atoms with Gasteiger partial charge in [0.25, 0.3) is 0 Å². The summed E-state index contributed by atoms with van der Waals surface area (Å²) in [5, 5.41) is 8.21.